The molecule has 0 spiro atoms. The summed E-state index contributed by atoms with van der Waals surface area (Å²) in [5.74, 6) is -0.292. The molecule has 0 unspecified atom stereocenters. The van der Waals surface area contributed by atoms with Gasteiger partial charge in [0.15, 0.2) is 0 Å². The van der Waals surface area contributed by atoms with Crippen molar-refractivity contribution in [2.24, 2.45) is 0 Å². The minimum absolute atomic E-state index is 0.244. The molecule has 2 heterocycles. The molecule has 3 amide bonds. The second-order valence-electron chi connectivity index (χ2n) is 6.49. The fourth-order valence-corrected chi connectivity index (χ4v) is 3.62. The molecule has 0 atom stereocenters. The first kappa shape index (κ1) is 22.7. The van der Waals surface area contributed by atoms with Crippen molar-refractivity contribution in [3.05, 3.63) is 75.5 Å². The number of hydrogen-bond acceptors (Lipinski definition) is 6. The molecule has 0 bridgehead atoms. The molecule has 0 saturated heterocycles. The summed E-state index contributed by atoms with van der Waals surface area (Å²) in [5.41, 5.74) is 1.65. The first-order valence-electron chi connectivity index (χ1n) is 9.48. The maximum Gasteiger partial charge on any atom is 0.322 e. The molecule has 2 N–H and O–H groups in total. The van der Waals surface area contributed by atoms with E-state index < -0.39 is 0 Å². The lowest BCUT2D eigenvalue weighted by Crippen LogP contribution is -2.36. The molecule has 0 fully saturated rings. The van der Waals surface area contributed by atoms with E-state index >= 15 is 0 Å². The van der Waals surface area contributed by atoms with E-state index in [9.17, 15) is 9.59 Å². The Hall–Kier alpha value is -3.01. The van der Waals surface area contributed by atoms with Crippen molar-refractivity contribution in [1.29, 1.82) is 0 Å². The average Bonchev–Trinajstić information content (AvgIpc) is 3.24. The van der Waals surface area contributed by atoms with E-state index in [2.05, 4.69) is 20.6 Å². The number of hydrogen-bond donors (Lipinski definition) is 2. The van der Waals surface area contributed by atoms with Crippen molar-refractivity contribution in [2.75, 3.05) is 25.6 Å². The fraction of sp³-hybridized carbons (Fsp3) is 0.238. The Balaban J connectivity index is 1.61. The molecule has 162 valence electrons. The molecule has 0 aliphatic carbocycles. The normalized spacial score (nSPS) is 10.5. The molecule has 8 nitrogen and oxygen atoms in total. The van der Waals surface area contributed by atoms with Crippen LogP contribution < -0.4 is 10.6 Å². The number of carbonyl (C=O) groups excluding carboxylic acids is 2. The summed E-state index contributed by atoms with van der Waals surface area (Å²) >= 11 is 7.30. The van der Waals surface area contributed by atoms with Crippen LogP contribution in [0.15, 0.2) is 54.0 Å². The minimum Gasteiger partial charge on any atom is -0.383 e. The zero-order valence-electron chi connectivity index (χ0n) is 16.9. The van der Waals surface area contributed by atoms with Gasteiger partial charge in [0.25, 0.3) is 5.91 Å². The molecule has 2 aromatic heterocycles. The van der Waals surface area contributed by atoms with Crippen molar-refractivity contribution >= 4 is 40.6 Å². The molecule has 0 radical (unpaired) electrons. The highest BCUT2D eigenvalue weighted by molar-refractivity contribution is 7.09. The van der Waals surface area contributed by atoms with Gasteiger partial charge in [0, 0.05) is 35.9 Å². The first-order valence-corrected chi connectivity index (χ1v) is 10.7. The molecule has 3 rings (SSSR count). The van der Waals surface area contributed by atoms with Crippen molar-refractivity contribution in [2.45, 2.75) is 13.1 Å². The molecule has 3 aromatic rings. The summed E-state index contributed by atoms with van der Waals surface area (Å²) in [5, 5.41) is 8.45. The van der Waals surface area contributed by atoms with Crippen LogP contribution in [0.3, 0.4) is 0 Å². The second kappa shape index (κ2) is 11.4. The highest BCUT2D eigenvalue weighted by Crippen LogP contribution is 2.17. The Bertz CT molecular complexity index is 1020. The van der Waals surface area contributed by atoms with Gasteiger partial charge in [-0.15, -0.1) is 11.3 Å². The largest absolute Gasteiger partial charge is 0.383 e. The number of urea groups is 1. The van der Waals surface area contributed by atoms with Crippen LogP contribution in [-0.2, 0) is 17.8 Å². The summed E-state index contributed by atoms with van der Waals surface area (Å²) < 4.78 is 5.12. The number of benzene rings is 1. The number of carbonyl (C=O) groups is 2. The van der Waals surface area contributed by atoms with Crippen LogP contribution in [0, 0.1) is 0 Å². The van der Waals surface area contributed by atoms with Crippen LogP contribution in [0.1, 0.15) is 21.2 Å². The monoisotopic (exact) mass is 459 g/mol. The molecule has 31 heavy (non-hydrogen) atoms. The molecular weight excluding hydrogens is 438 g/mol. The molecule has 10 heteroatoms. The predicted octanol–water partition coefficient (Wildman–Crippen LogP) is 3.80. The lowest BCUT2D eigenvalue weighted by atomic mass is 10.3. The number of halogens is 1. The Morgan fingerprint density at radius 3 is 2.84 bits per heavy atom. The van der Waals surface area contributed by atoms with Crippen LogP contribution in [0.25, 0.3) is 0 Å². The van der Waals surface area contributed by atoms with E-state index in [1.807, 2.05) is 18.2 Å². The number of aromatic nitrogens is 2. The van der Waals surface area contributed by atoms with Gasteiger partial charge in [0.1, 0.15) is 10.7 Å². The smallest absolute Gasteiger partial charge is 0.322 e. The van der Waals surface area contributed by atoms with Crippen LogP contribution in [0.5, 0.6) is 0 Å². The summed E-state index contributed by atoms with van der Waals surface area (Å²) in [7, 11) is 1.57. The summed E-state index contributed by atoms with van der Waals surface area (Å²) in [4.78, 5) is 35.2. The fourth-order valence-electron chi connectivity index (χ4n) is 2.64. The van der Waals surface area contributed by atoms with E-state index in [0.717, 1.165) is 5.69 Å². The summed E-state index contributed by atoms with van der Waals surface area (Å²) in [6.45, 7) is 1.29. The van der Waals surface area contributed by atoms with Gasteiger partial charge >= 0.3 is 6.03 Å². The minimum atomic E-state index is -0.310. The number of ether oxygens (including phenoxy) is 1. The number of anilines is 1. The predicted molar refractivity (Wildman–Crippen MR) is 120 cm³/mol. The van der Waals surface area contributed by atoms with Crippen LogP contribution in [0.2, 0.25) is 5.02 Å². The number of pyridine rings is 1. The van der Waals surface area contributed by atoms with E-state index in [1.165, 1.54) is 11.3 Å². The number of methoxy groups -OCH3 is 1. The Morgan fingerprint density at radius 1 is 1.23 bits per heavy atom. The molecular formula is C21H22ClN5O3S. The van der Waals surface area contributed by atoms with Gasteiger partial charge in [0.05, 0.1) is 25.4 Å². The standard InChI is InChI=1S/C21H22ClN5O3S/c1-30-10-9-27(21(29)25-16-7-4-5-15(22)11-16)13-19-26-18(14-31-19)20(28)24-12-17-6-2-3-8-23-17/h2-8,11,14H,9-10,12-13H2,1H3,(H,24,28)(H,25,29). The average molecular weight is 460 g/mol. The summed E-state index contributed by atoms with van der Waals surface area (Å²) in [6, 6.07) is 12.1. The Morgan fingerprint density at radius 2 is 2.10 bits per heavy atom. The van der Waals surface area contributed by atoms with Crippen molar-refractivity contribution in [3.63, 3.8) is 0 Å². The zero-order valence-corrected chi connectivity index (χ0v) is 18.4. The van der Waals surface area contributed by atoms with Crippen molar-refractivity contribution < 1.29 is 14.3 Å². The van der Waals surface area contributed by atoms with Gasteiger partial charge in [-0.3, -0.25) is 9.78 Å². The number of rotatable bonds is 9. The van der Waals surface area contributed by atoms with Crippen LogP contribution in [-0.4, -0.2) is 47.1 Å². The maximum atomic E-state index is 12.7. The molecule has 0 aliphatic rings. The van der Waals surface area contributed by atoms with Gasteiger partial charge in [-0.25, -0.2) is 9.78 Å². The Labute approximate surface area is 189 Å². The zero-order chi connectivity index (χ0) is 22.1. The first-order chi connectivity index (χ1) is 15.0. The van der Waals surface area contributed by atoms with Gasteiger partial charge in [-0.1, -0.05) is 23.7 Å². The second-order valence-corrected chi connectivity index (χ2v) is 7.86. The van der Waals surface area contributed by atoms with Gasteiger partial charge in [0.2, 0.25) is 0 Å². The van der Waals surface area contributed by atoms with E-state index in [4.69, 9.17) is 16.3 Å². The van der Waals surface area contributed by atoms with Gasteiger partial charge in [-0.2, -0.15) is 0 Å². The van der Waals surface area contributed by atoms with Crippen LogP contribution >= 0.6 is 22.9 Å². The third-order valence-electron chi connectivity index (χ3n) is 4.20. The maximum absolute atomic E-state index is 12.7. The lowest BCUT2D eigenvalue weighted by Gasteiger charge is -2.21. The van der Waals surface area contributed by atoms with E-state index in [-0.39, 0.29) is 18.5 Å². The third kappa shape index (κ3) is 7.02. The van der Waals surface area contributed by atoms with E-state index in [1.54, 1.807) is 47.9 Å². The number of nitrogens with one attached hydrogen (secondary N) is 2. The van der Waals surface area contributed by atoms with Crippen LogP contribution in [0.4, 0.5) is 10.5 Å². The number of thiazole rings is 1. The highest BCUT2D eigenvalue weighted by atomic mass is 35.5. The number of amides is 3. The topological polar surface area (TPSA) is 96.4 Å². The van der Waals surface area contributed by atoms with Gasteiger partial charge < -0.3 is 20.3 Å². The lowest BCUT2D eigenvalue weighted by molar-refractivity contribution is 0.0946. The van der Waals surface area contributed by atoms with Gasteiger partial charge in [-0.05, 0) is 30.3 Å². The third-order valence-corrected chi connectivity index (χ3v) is 5.26. The molecule has 1 aromatic carbocycles. The summed E-state index contributed by atoms with van der Waals surface area (Å²) in [6.07, 6.45) is 1.67. The number of nitrogens with zero attached hydrogens (tertiary/aromatic N) is 3. The van der Waals surface area contributed by atoms with E-state index in [0.29, 0.717) is 41.1 Å². The Kier molecular flexibility index (Phi) is 8.34. The quantitative estimate of drug-likeness (QED) is 0.507. The molecule has 0 aliphatic heterocycles. The van der Waals surface area contributed by atoms with Crippen molar-refractivity contribution in [1.82, 2.24) is 20.2 Å². The highest BCUT2D eigenvalue weighted by Gasteiger charge is 2.18. The molecule has 0 saturated carbocycles. The SMILES string of the molecule is COCCN(Cc1nc(C(=O)NCc2ccccn2)cs1)C(=O)Nc1cccc(Cl)c1. The van der Waals surface area contributed by atoms with Crippen molar-refractivity contribution in [3.8, 4) is 0 Å².